The summed E-state index contributed by atoms with van der Waals surface area (Å²) in [6.45, 7) is 3.20. The van der Waals surface area contributed by atoms with Gasteiger partial charge in [0.25, 0.3) is 0 Å². The van der Waals surface area contributed by atoms with E-state index in [0.29, 0.717) is 30.7 Å². The number of imidazole rings is 1. The van der Waals surface area contributed by atoms with E-state index in [0.717, 1.165) is 54.7 Å². The van der Waals surface area contributed by atoms with E-state index < -0.39 is 17.4 Å². The minimum atomic E-state index is -0.640. The lowest BCUT2D eigenvalue weighted by atomic mass is 9.99. The Labute approximate surface area is 255 Å². The molecule has 3 aromatic heterocycles. The molecule has 0 aliphatic carbocycles. The average Bonchev–Trinajstić information content (AvgIpc) is 3.61. The maximum Gasteiger partial charge on any atom is 0.439 e. The fourth-order valence-corrected chi connectivity index (χ4v) is 5.51. The van der Waals surface area contributed by atoms with Gasteiger partial charge in [-0.05, 0) is 54.3 Å². The Morgan fingerprint density at radius 2 is 2.02 bits per heavy atom. The molecule has 0 amide bonds. The van der Waals surface area contributed by atoms with Crippen LogP contribution in [-0.2, 0) is 24.4 Å². The third-order valence-corrected chi connectivity index (χ3v) is 8.08. The highest BCUT2D eigenvalue weighted by atomic mass is 19.1. The zero-order valence-electron chi connectivity index (χ0n) is 24.0. The molecule has 13 heteroatoms. The van der Waals surface area contributed by atoms with Gasteiger partial charge in [0.15, 0.2) is 23.0 Å². The minimum Gasteiger partial charge on any atom is -0.486 e. The number of nitrogens with zero attached hydrogens (tertiary/aromatic N) is 6. The highest BCUT2D eigenvalue weighted by molar-refractivity contribution is 5.77. The monoisotopic (exact) mass is 611 g/mol. The summed E-state index contributed by atoms with van der Waals surface area (Å²) < 4.78 is 47.0. The van der Waals surface area contributed by atoms with Crippen LogP contribution >= 0.6 is 0 Å². The Morgan fingerprint density at radius 1 is 1.13 bits per heavy atom. The summed E-state index contributed by atoms with van der Waals surface area (Å²) in [7, 11) is 0. The smallest absolute Gasteiger partial charge is 0.439 e. The summed E-state index contributed by atoms with van der Waals surface area (Å²) in [6.07, 6.45) is 5.55. The number of hydrogen-bond acceptors (Lipinski definition) is 9. The van der Waals surface area contributed by atoms with Gasteiger partial charge in [0.1, 0.15) is 23.8 Å². The highest BCUT2D eigenvalue weighted by Crippen LogP contribution is 2.30. The van der Waals surface area contributed by atoms with E-state index in [9.17, 15) is 13.6 Å². The van der Waals surface area contributed by atoms with Gasteiger partial charge in [0.05, 0.1) is 30.8 Å². The van der Waals surface area contributed by atoms with Gasteiger partial charge >= 0.3 is 5.76 Å². The molecule has 2 aliphatic heterocycles. The van der Waals surface area contributed by atoms with Crippen molar-refractivity contribution in [3.8, 4) is 23.2 Å². The Bertz CT molecular complexity index is 2020. The van der Waals surface area contributed by atoms with Gasteiger partial charge in [-0.15, -0.1) is 0 Å². The van der Waals surface area contributed by atoms with E-state index in [1.54, 1.807) is 18.3 Å². The molecule has 0 spiro atoms. The summed E-state index contributed by atoms with van der Waals surface area (Å²) in [5.74, 6) is -0.573. The van der Waals surface area contributed by atoms with Crippen LogP contribution < -0.4 is 10.5 Å². The maximum absolute atomic E-state index is 14.6. The van der Waals surface area contributed by atoms with Crippen LogP contribution in [0.4, 0.5) is 8.78 Å². The largest absolute Gasteiger partial charge is 0.486 e. The third kappa shape index (κ3) is 5.98. The molecular formula is C32H27F2N7O4. The first-order valence-electron chi connectivity index (χ1n) is 14.5. The van der Waals surface area contributed by atoms with Gasteiger partial charge in [0.2, 0.25) is 0 Å². The van der Waals surface area contributed by atoms with Crippen LogP contribution in [-0.4, -0.2) is 55.4 Å². The number of nitriles is 1. The van der Waals surface area contributed by atoms with Crippen molar-refractivity contribution in [1.82, 2.24) is 29.6 Å². The first kappa shape index (κ1) is 28.6. The van der Waals surface area contributed by atoms with E-state index in [-0.39, 0.29) is 35.4 Å². The van der Waals surface area contributed by atoms with Gasteiger partial charge in [0, 0.05) is 37.0 Å². The number of benzene rings is 2. The first-order chi connectivity index (χ1) is 21.9. The van der Waals surface area contributed by atoms with E-state index in [2.05, 4.69) is 35.2 Å². The van der Waals surface area contributed by atoms with Crippen molar-refractivity contribution in [3.05, 3.63) is 99.4 Å². The van der Waals surface area contributed by atoms with Crippen LogP contribution in [0.1, 0.15) is 35.4 Å². The van der Waals surface area contributed by atoms with Crippen LogP contribution in [0.5, 0.6) is 5.75 Å². The molecule has 228 valence electrons. The maximum atomic E-state index is 14.6. The average molecular weight is 612 g/mol. The molecule has 0 radical (unpaired) electrons. The van der Waals surface area contributed by atoms with Crippen LogP contribution in [0, 0.1) is 23.0 Å². The molecule has 11 nitrogen and oxygen atoms in total. The summed E-state index contributed by atoms with van der Waals surface area (Å²) in [5.41, 5.74) is 4.34. The van der Waals surface area contributed by atoms with Crippen molar-refractivity contribution < 1.29 is 22.8 Å². The van der Waals surface area contributed by atoms with Crippen molar-refractivity contribution in [1.29, 1.82) is 5.26 Å². The molecule has 1 atom stereocenters. The third-order valence-electron chi connectivity index (χ3n) is 8.08. The predicted molar refractivity (Wildman–Crippen MR) is 158 cm³/mol. The standard InChI is InChI=1S/C32H27F2N7O4/c33-25-4-3-21(13-28(25)44-18-22-2-1-19(14-35)11-26(22)34)20-5-8-40(9-6-20)17-29-37-27-12-23(30-38-32(42)45-39-30)15-36-31(27)41(29)16-24-7-10-43-24/h1-5,11-13,15,24H,6-10,16-18H2,(H,38,39,42)/t24-/m0/s1. The number of H-pyrrole nitrogens is 1. The quantitative estimate of drug-likeness (QED) is 0.254. The van der Waals surface area contributed by atoms with Crippen LogP contribution in [0.2, 0.25) is 0 Å². The van der Waals surface area contributed by atoms with Gasteiger partial charge in [-0.25, -0.2) is 23.5 Å². The van der Waals surface area contributed by atoms with Crippen molar-refractivity contribution in [2.45, 2.75) is 38.6 Å². The molecule has 2 aromatic carbocycles. The van der Waals surface area contributed by atoms with Crippen molar-refractivity contribution in [2.75, 3.05) is 19.7 Å². The molecule has 2 aliphatic rings. The summed E-state index contributed by atoms with van der Waals surface area (Å²) in [6, 6.07) is 12.5. The lowest BCUT2D eigenvalue weighted by Crippen LogP contribution is -2.33. The number of pyridine rings is 1. The molecular weight excluding hydrogens is 584 g/mol. The van der Waals surface area contributed by atoms with Crippen molar-refractivity contribution >= 4 is 16.7 Å². The molecule has 7 rings (SSSR count). The number of fused-ring (bicyclic) bond motifs is 1. The number of aromatic nitrogens is 5. The predicted octanol–water partition coefficient (Wildman–Crippen LogP) is 4.58. The zero-order chi connectivity index (χ0) is 30.9. The number of aromatic amines is 1. The Kier molecular flexibility index (Phi) is 7.66. The van der Waals surface area contributed by atoms with Gasteiger partial charge in [-0.2, -0.15) is 5.26 Å². The van der Waals surface area contributed by atoms with Gasteiger partial charge in [-0.3, -0.25) is 14.4 Å². The van der Waals surface area contributed by atoms with Gasteiger partial charge in [-0.1, -0.05) is 23.4 Å². The molecule has 1 fully saturated rings. The highest BCUT2D eigenvalue weighted by Gasteiger charge is 2.24. The van der Waals surface area contributed by atoms with Crippen LogP contribution in [0.3, 0.4) is 0 Å². The fourth-order valence-electron chi connectivity index (χ4n) is 5.51. The summed E-state index contributed by atoms with van der Waals surface area (Å²) >= 11 is 0. The van der Waals surface area contributed by atoms with Crippen molar-refractivity contribution in [3.63, 3.8) is 0 Å². The van der Waals surface area contributed by atoms with E-state index >= 15 is 0 Å². The van der Waals surface area contributed by atoms with Crippen LogP contribution in [0.15, 0.2) is 64.1 Å². The molecule has 0 unspecified atom stereocenters. The second kappa shape index (κ2) is 12.1. The molecule has 45 heavy (non-hydrogen) atoms. The first-order valence-corrected chi connectivity index (χ1v) is 14.5. The number of rotatable bonds is 9. The van der Waals surface area contributed by atoms with E-state index in [1.165, 1.54) is 18.2 Å². The number of nitrogens with one attached hydrogen (secondary N) is 1. The lowest BCUT2D eigenvalue weighted by Gasteiger charge is -2.29. The fraction of sp³-hybridized carbons (Fsp3) is 0.281. The SMILES string of the molecule is N#Cc1ccc(COc2cc(C3=CCN(Cc4nc5cc(-c6noc(=O)[nH]6)cnc5n4C[C@@H]4CCO4)CC3)ccc2F)c(F)c1. The second-order valence-electron chi connectivity index (χ2n) is 11.0. The minimum absolute atomic E-state index is 0.0353. The molecule has 0 saturated carbocycles. The van der Waals surface area contributed by atoms with E-state index in [1.807, 2.05) is 12.1 Å². The molecule has 1 N–H and O–H groups in total. The van der Waals surface area contributed by atoms with E-state index in [4.69, 9.17) is 19.7 Å². The summed E-state index contributed by atoms with van der Waals surface area (Å²) in [5, 5.41) is 12.7. The Balaban J connectivity index is 1.07. The van der Waals surface area contributed by atoms with Crippen LogP contribution in [0.25, 0.3) is 28.1 Å². The zero-order valence-corrected chi connectivity index (χ0v) is 24.0. The lowest BCUT2D eigenvalue weighted by molar-refractivity contribution is -0.0592. The molecule has 5 aromatic rings. The molecule has 0 bridgehead atoms. The second-order valence-corrected chi connectivity index (χ2v) is 11.0. The Morgan fingerprint density at radius 3 is 2.73 bits per heavy atom. The topological polar surface area (TPSA) is 135 Å². The normalized spacial score (nSPS) is 16.7. The van der Waals surface area contributed by atoms with Gasteiger partial charge < -0.3 is 14.0 Å². The number of halogens is 2. The molecule has 5 heterocycles. The summed E-state index contributed by atoms with van der Waals surface area (Å²) in [4.78, 5) is 25.8. The molecule has 1 saturated heterocycles. The Hall–Kier alpha value is -5.19. The number of ether oxygens (including phenoxy) is 2. The van der Waals surface area contributed by atoms with Crippen molar-refractivity contribution in [2.24, 2.45) is 0 Å². The number of hydrogen-bond donors (Lipinski definition) is 1.